The number of nitrogens with zero attached hydrogens (tertiary/aromatic N) is 2. The Labute approximate surface area is 184 Å². The molecule has 0 saturated carbocycles. The van der Waals surface area contributed by atoms with E-state index < -0.39 is 35.0 Å². The summed E-state index contributed by atoms with van der Waals surface area (Å²) in [5, 5.41) is 14.6. The van der Waals surface area contributed by atoms with Gasteiger partial charge in [0.25, 0.3) is 17.6 Å². The van der Waals surface area contributed by atoms with Gasteiger partial charge in [0.2, 0.25) is 0 Å². The zero-order valence-electron chi connectivity index (χ0n) is 18.3. The molecule has 32 heavy (non-hydrogen) atoms. The van der Waals surface area contributed by atoms with Crippen LogP contribution in [0.3, 0.4) is 0 Å². The number of rotatable bonds is 4. The normalized spacial score (nSPS) is 13.3. The highest BCUT2D eigenvalue weighted by Crippen LogP contribution is 2.25. The number of carboxylic acid groups (broad SMARTS) is 1. The molecule has 0 bridgehead atoms. The topological polar surface area (TPSA) is 121 Å². The summed E-state index contributed by atoms with van der Waals surface area (Å²) in [4.78, 5) is 50.9. The summed E-state index contributed by atoms with van der Waals surface area (Å²) in [6.45, 7) is 6.88. The lowest BCUT2D eigenvalue weighted by molar-refractivity contribution is -0.118. The molecule has 9 nitrogen and oxygen atoms in total. The number of hydrogen-bond acceptors (Lipinski definition) is 4. The van der Waals surface area contributed by atoms with Gasteiger partial charge >= 0.3 is 6.09 Å². The Hall–Kier alpha value is -3.69. The first-order chi connectivity index (χ1) is 14.9. The number of aryl methyl sites for hydroxylation is 1. The van der Waals surface area contributed by atoms with Crippen molar-refractivity contribution in [1.29, 1.82) is 0 Å². The largest absolute Gasteiger partial charge is 0.465 e. The SMILES string of the molecule is Cc1cc(NC(=O)c2cc(C(=O)C(=O)NC(C)(C)C)n3c2CN(C(=O)O)CC3)ccc1F. The second-order valence-corrected chi connectivity index (χ2v) is 8.70. The third-order valence-corrected chi connectivity index (χ3v) is 5.00. The molecule has 1 aromatic carbocycles. The fraction of sp³-hybridized carbons (Fsp3) is 0.364. The Bertz CT molecular complexity index is 1120. The van der Waals surface area contributed by atoms with Gasteiger partial charge in [0, 0.05) is 24.3 Å². The van der Waals surface area contributed by atoms with Gasteiger partial charge in [-0.1, -0.05) is 0 Å². The Kier molecular flexibility index (Phi) is 6.07. The fourth-order valence-corrected chi connectivity index (χ4v) is 3.48. The Morgan fingerprint density at radius 3 is 2.38 bits per heavy atom. The number of ketones is 1. The zero-order chi connectivity index (χ0) is 23.8. The number of aromatic nitrogens is 1. The van der Waals surface area contributed by atoms with Crippen molar-refractivity contribution in [2.24, 2.45) is 0 Å². The number of carbonyl (C=O) groups is 4. The summed E-state index contributed by atoms with van der Waals surface area (Å²) in [5.41, 5.74) is 0.440. The third kappa shape index (κ3) is 4.79. The van der Waals surface area contributed by atoms with E-state index in [0.29, 0.717) is 16.9 Å². The molecule has 0 saturated heterocycles. The van der Waals surface area contributed by atoms with Crippen molar-refractivity contribution >= 4 is 29.4 Å². The van der Waals surface area contributed by atoms with Gasteiger partial charge in [-0.15, -0.1) is 0 Å². The van der Waals surface area contributed by atoms with E-state index in [4.69, 9.17) is 0 Å². The predicted octanol–water partition coefficient (Wildman–Crippen LogP) is 2.78. The van der Waals surface area contributed by atoms with Crippen LogP contribution in [0.1, 0.15) is 52.9 Å². The number of fused-ring (bicyclic) bond motifs is 1. The summed E-state index contributed by atoms with van der Waals surface area (Å²) in [5.74, 6) is -2.65. The van der Waals surface area contributed by atoms with E-state index in [1.807, 2.05) is 0 Å². The van der Waals surface area contributed by atoms with Gasteiger partial charge in [-0.05, 0) is 57.5 Å². The van der Waals surface area contributed by atoms with E-state index in [-0.39, 0.29) is 30.9 Å². The Balaban J connectivity index is 1.98. The van der Waals surface area contributed by atoms with Gasteiger partial charge in [0.15, 0.2) is 0 Å². The molecule has 2 heterocycles. The van der Waals surface area contributed by atoms with Crippen LogP contribution in [-0.2, 0) is 17.9 Å². The molecular weight excluding hydrogens is 419 g/mol. The molecule has 1 aliphatic rings. The van der Waals surface area contributed by atoms with Gasteiger partial charge in [0.05, 0.1) is 23.5 Å². The lowest BCUT2D eigenvalue weighted by atomic mass is 10.1. The van der Waals surface area contributed by atoms with Crippen LogP contribution >= 0.6 is 0 Å². The molecule has 3 rings (SSSR count). The number of Topliss-reactive ketones (excluding diaryl/α,β-unsaturated/α-hetero) is 1. The molecule has 10 heteroatoms. The van der Waals surface area contributed by atoms with Gasteiger partial charge in [-0.2, -0.15) is 0 Å². The monoisotopic (exact) mass is 444 g/mol. The molecule has 0 aliphatic carbocycles. The molecular formula is C22H25FN4O5. The number of anilines is 1. The van der Waals surface area contributed by atoms with Gasteiger partial charge in [-0.25, -0.2) is 9.18 Å². The lowest BCUT2D eigenvalue weighted by Crippen LogP contribution is -2.45. The van der Waals surface area contributed by atoms with Gasteiger partial charge in [-0.3, -0.25) is 14.4 Å². The van der Waals surface area contributed by atoms with E-state index in [1.54, 1.807) is 27.7 Å². The molecule has 0 spiro atoms. The number of amides is 3. The predicted molar refractivity (Wildman–Crippen MR) is 114 cm³/mol. The summed E-state index contributed by atoms with van der Waals surface area (Å²) >= 11 is 0. The standard InChI is InChI=1S/C22H25FN4O5/c1-12-9-13(5-6-15(12)23)24-19(29)14-10-16(18(28)20(30)25-22(2,3)4)27-8-7-26(21(31)32)11-17(14)27/h5-6,9-10H,7-8,11H2,1-4H3,(H,24,29)(H,25,30)(H,31,32). The number of hydrogen-bond donors (Lipinski definition) is 3. The third-order valence-electron chi connectivity index (χ3n) is 5.00. The molecule has 170 valence electrons. The highest BCUT2D eigenvalue weighted by Gasteiger charge is 2.32. The van der Waals surface area contributed by atoms with E-state index in [9.17, 15) is 28.7 Å². The van der Waals surface area contributed by atoms with Crippen LogP contribution in [-0.4, -0.2) is 50.3 Å². The minimum atomic E-state index is -1.16. The first-order valence-corrected chi connectivity index (χ1v) is 10.0. The highest BCUT2D eigenvalue weighted by atomic mass is 19.1. The first kappa shape index (κ1) is 23.0. The maximum atomic E-state index is 13.5. The van der Waals surface area contributed by atoms with Crippen molar-refractivity contribution in [2.45, 2.75) is 46.3 Å². The van der Waals surface area contributed by atoms with Crippen molar-refractivity contribution in [3.63, 3.8) is 0 Å². The average Bonchev–Trinajstić information content (AvgIpc) is 3.07. The van der Waals surface area contributed by atoms with E-state index in [1.165, 1.54) is 28.8 Å². The molecule has 0 fully saturated rings. The number of nitrogens with one attached hydrogen (secondary N) is 2. The molecule has 0 radical (unpaired) electrons. The smallest absolute Gasteiger partial charge is 0.407 e. The summed E-state index contributed by atoms with van der Waals surface area (Å²) in [6.07, 6.45) is -1.16. The van der Waals surface area contributed by atoms with E-state index >= 15 is 0 Å². The minimum absolute atomic E-state index is 0.00669. The summed E-state index contributed by atoms with van der Waals surface area (Å²) in [6, 6.07) is 5.38. The van der Waals surface area contributed by atoms with Crippen molar-refractivity contribution in [3.05, 3.63) is 52.6 Å². The van der Waals surface area contributed by atoms with Crippen molar-refractivity contribution < 1.29 is 28.7 Å². The van der Waals surface area contributed by atoms with Crippen molar-refractivity contribution in [1.82, 2.24) is 14.8 Å². The van der Waals surface area contributed by atoms with Crippen LogP contribution in [0, 0.1) is 12.7 Å². The van der Waals surface area contributed by atoms with E-state index in [2.05, 4.69) is 10.6 Å². The molecule has 2 aromatic rings. The van der Waals surface area contributed by atoms with Crippen LogP contribution in [0.4, 0.5) is 14.9 Å². The van der Waals surface area contributed by atoms with Crippen molar-refractivity contribution in [3.8, 4) is 0 Å². The summed E-state index contributed by atoms with van der Waals surface area (Å²) in [7, 11) is 0. The second kappa shape index (κ2) is 8.45. The van der Waals surface area contributed by atoms with Crippen LogP contribution in [0.15, 0.2) is 24.3 Å². The first-order valence-electron chi connectivity index (χ1n) is 10.0. The lowest BCUT2D eigenvalue weighted by Gasteiger charge is -2.28. The van der Waals surface area contributed by atoms with Crippen LogP contribution in [0.5, 0.6) is 0 Å². The van der Waals surface area contributed by atoms with Crippen molar-refractivity contribution in [2.75, 3.05) is 11.9 Å². The number of benzene rings is 1. The second-order valence-electron chi connectivity index (χ2n) is 8.70. The minimum Gasteiger partial charge on any atom is -0.465 e. The summed E-state index contributed by atoms with van der Waals surface area (Å²) < 4.78 is 15.0. The van der Waals surface area contributed by atoms with E-state index in [0.717, 1.165) is 4.90 Å². The molecule has 1 aliphatic heterocycles. The quantitative estimate of drug-likeness (QED) is 0.495. The molecule has 3 N–H and O–H groups in total. The number of halogens is 1. The maximum absolute atomic E-state index is 13.5. The number of carbonyl (C=O) groups excluding carboxylic acids is 3. The van der Waals surface area contributed by atoms with Gasteiger partial charge in [0.1, 0.15) is 5.82 Å². The molecule has 1 aromatic heterocycles. The van der Waals surface area contributed by atoms with Crippen LogP contribution in [0.25, 0.3) is 0 Å². The molecule has 3 amide bonds. The Morgan fingerprint density at radius 1 is 1.09 bits per heavy atom. The average molecular weight is 444 g/mol. The molecule has 0 atom stereocenters. The Morgan fingerprint density at radius 2 is 1.78 bits per heavy atom. The zero-order valence-corrected chi connectivity index (χ0v) is 18.3. The maximum Gasteiger partial charge on any atom is 0.407 e. The van der Waals surface area contributed by atoms with Crippen LogP contribution in [0.2, 0.25) is 0 Å². The van der Waals surface area contributed by atoms with Crippen LogP contribution < -0.4 is 10.6 Å². The fourth-order valence-electron chi connectivity index (χ4n) is 3.48. The highest BCUT2D eigenvalue weighted by molar-refractivity contribution is 6.42. The van der Waals surface area contributed by atoms with Gasteiger partial charge < -0.3 is 25.2 Å². The molecule has 0 unspecified atom stereocenters.